The van der Waals surface area contributed by atoms with Gasteiger partial charge in [0.25, 0.3) is 0 Å². The second kappa shape index (κ2) is 3.98. The van der Waals surface area contributed by atoms with Crippen LogP contribution in [0.25, 0.3) is 0 Å². The molecule has 0 N–H and O–H groups in total. The Balaban J connectivity index is 4.67. The van der Waals surface area contributed by atoms with Crippen molar-refractivity contribution in [1.82, 2.24) is 0 Å². The number of allylic oxidation sites excluding steroid dienone is 3. The quantitative estimate of drug-likeness (QED) is 0.384. The molecule has 0 aliphatic rings. The third kappa shape index (κ3) is 2.70. The van der Waals surface area contributed by atoms with E-state index >= 15 is 0 Å². The van der Waals surface area contributed by atoms with Crippen molar-refractivity contribution in [2.75, 3.05) is 0 Å². The molecule has 0 heterocycles. The molecule has 0 aliphatic heterocycles. The summed E-state index contributed by atoms with van der Waals surface area (Å²) in [5.41, 5.74) is 3.34. The first-order valence-corrected chi connectivity index (χ1v) is 4.02. The van der Waals surface area contributed by atoms with Gasteiger partial charge in [0.2, 0.25) is 0 Å². The van der Waals surface area contributed by atoms with Gasteiger partial charge in [0, 0.05) is 0 Å². The normalized spacial score (nSPS) is 12.5. The maximum atomic E-state index is 5.61. The molecule has 1 heteroatoms. The summed E-state index contributed by atoms with van der Waals surface area (Å²) in [4.78, 5) is 0. The van der Waals surface area contributed by atoms with E-state index in [9.17, 15) is 0 Å². The van der Waals surface area contributed by atoms with E-state index < -0.39 is 0 Å². The number of hydrogen-bond donors (Lipinski definition) is 0. The topological polar surface area (TPSA) is 0 Å². The van der Waals surface area contributed by atoms with Crippen LogP contribution in [-0.4, -0.2) is 4.11 Å². The van der Waals surface area contributed by atoms with E-state index in [1.165, 1.54) is 15.3 Å². The van der Waals surface area contributed by atoms with Gasteiger partial charge in [-0.1, -0.05) is 0 Å². The molecule has 0 bridgehead atoms. The van der Waals surface area contributed by atoms with E-state index in [4.69, 9.17) is 6.58 Å². The van der Waals surface area contributed by atoms with Gasteiger partial charge in [-0.2, -0.15) is 0 Å². The van der Waals surface area contributed by atoms with Gasteiger partial charge in [-0.3, -0.25) is 0 Å². The fraction of sp³-hybridized carbons (Fsp3) is 0.444. The summed E-state index contributed by atoms with van der Waals surface area (Å²) in [5.74, 6) is 0. The Morgan fingerprint density at radius 2 is 1.40 bits per heavy atom. The van der Waals surface area contributed by atoms with Crippen LogP contribution in [0.2, 0.25) is 0 Å². The molecule has 0 unspecified atom stereocenters. The zero-order valence-electron chi connectivity index (χ0n) is 6.91. The van der Waals surface area contributed by atoms with Crippen LogP contribution in [0.4, 0.5) is 0 Å². The van der Waals surface area contributed by atoms with E-state index in [1.54, 1.807) is 0 Å². The van der Waals surface area contributed by atoms with E-state index in [-0.39, 0.29) is 0 Å². The van der Waals surface area contributed by atoms with Crippen LogP contribution in [0, 0.1) is 6.58 Å². The predicted molar refractivity (Wildman–Crippen MR) is 42.5 cm³/mol. The van der Waals surface area contributed by atoms with Crippen LogP contribution in [0.15, 0.2) is 16.7 Å². The Labute approximate surface area is 73.2 Å². The van der Waals surface area contributed by atoms with Crippen molar-refractivity contribution in [2.45, 2.75) is 27.7 Å². The van der Waals surface area contributed by atoms with Crippen molar-refractivity contribution in [3.63, 3.8) is 0 Å². The Kier molecular flexibility index (Phi) is 3.97. The maximum absolute atomic E-state index is 5.61. The fourth-order valence-electron chi connectivity index (χ4n) is 0.546. The first-order chi connectivity index (χ1) is 4.46. The monoisotopic (exact) mass is 224 g/mol. The van der Waals surface area contributed by atoms with Gasteiger partial charge < -0.3 is 0 Å². The average Bonchev–Trinajstić information content (AvgIpc) is 1.84. The second-order valence-electron chi connectivity index (χ2n) is 2.43. The van der Waals surface area contributed by atoms with Crippen molar-refractivity contribution < 1.29 is 17.9 Å². The van der Waals surface area contributed by atoms with Crippen molar-refractivity contribution in [1.29, 1.82) is 0 Å². The molecule has 10 heavy (non-hydrogen) atoms. The van der Waals surface area contributed by atoms with Gasteiger partial charge in [-0.15, -0.1) is 0 Å². The van der Waals surface area contributed by atoms with Crippen LogP contribution >= 0.6 is 0 Å². The molecule has 0 saturated heterocycles. The second-order valence-corrected chi connectivity index (χ2v) is 3.66. The van der Waals surface area contributed by atoms with Crippen LogP contribution in [0.3, 0.4) is 0 Å². The van der Waals surface area contributed by atoms with E-state index in [0.29, 0.717) is 0 Å². The van der Waals surface area contributed by atoms with Crippen LogP contribution < -0.4 is 0 Å². The third-order valence-corrected chi connectivity index (χ3v) is 2.27. The van der Waals surface area contributed by atoms with E-state index in [1.807, 2.05) is 13.8 Å². The van der Waals surface area contributed by atoms with E-state index in [0.717, 1.165) is 5.57 Å². The Morgan fingerprint density at radius 1 is 1.00 bits per heavy atom. The van der Waals surface area contributed by atoms with Gasteiger partial charge in [0.1, 0.15) is 0 Å². The summed E-state index contributed by atoms with van der Waals surface area (Å²) in [6, 6.07) is 0. The van der Waals surface area contributed by atoms with Crippen molar-refractivity contribution >= 4 is 4.11 Å². The molecule has 0 spiro atoms. The number of rotatable bonds is 2. The Bertz CT molecular complexity index is 175. The molecule has 0 aromatic heterocycles. The summed E-state index contributed by atoms with van der Waals surface area (Å²) < 4.78 is 1.23. The minimum atomic E-state index is 0.898. The standard InChI is InChI=1S/C9H13.Rh/c1-6-8(4)9(5)7(2)3;/h2H,1,3-5H3;/q-1;/b9-8-;. The van der Waals surface area contributed by atoms with Gasteiger partial charge in [-0.05, 0) is 0 Å². The molecule has 0 aromatic rings. The average molecular weight is 224 g/mol. The third-order valence-electron chi connectivity index (χ3n) is 1.65. The SMILES string of the molecule is [CH-]=C(C)/C(C)=C(/C)[C](C)=[Rh]. The zero-order valence-corrected chi connectivity index (χ0v) is 8.55. The molecular weight excluding hydrogens is 211 g/mol. The van der Waals surface area contributed by atoms with Gasteiger partial charge >= 0.3 is 73.0 Å². The van der Waals surface area contributed by atoms with Crippen molar-refractivity contribution in [3.8, 4) is 0 Å². The Morgan fingerprint density at radius 3 is 1.50 bits per heavy atom. The molecule has 0 amide bonds. The molecule has 0 saturated carbocycles. The van der Waals surface area contributed by atoms with Crippen molar-refractivity contribution in [2.24, 2.45) is 0 Å². The van der Waals surface area contributed by atoms with Gasteiger partial charge in [0.15, 0.2) is 0 Å². The molecule has 0 rings (SSSR count). The van der Waals surface area contributed by atoms with E-state index in [2.05, 4.69) is 31.7 Å². The van der Waals surface area contributed by atoms with Crippen LogP contribution in [-0.2, 0) is 17.9 Å². The summed E-state index contributed by atoms with van der Waals surface area (Å²) >= 11 is 2.86. The van der Waals surface area contributed by atoms with Crippen LogP contribution in [0.1, 0.15) is 27.7 Å². The number of hydrogen-bond acceptors (Lipinski definition) is 0. The molecule has 0 nitrogen and oxygen atoms in total. The predicted octanol–water partition coefficient (Wildman–Crippen LogP) is 2.44. The first-order valence-electron chi connectivity index (χ1n) is 3.21. The molecule has 59 valence electrons. The van der Waals surface area contributed by atoms with Crippen LogP contribution in [0.5, 0.6) is 0 Å². The van der Waals surface area contributed by atoms with Crippen molar-refractivity contribution in [3.05, 3.63) is 23.3 Å². The molecule has 0 fully saturated rings. The Hall–Kier alpha value is -0.0266. The summed E-state index contributed by atoms with van der Waals surface area (Å²) in [7, 11) is 0. The molecule has 0 aromatic carbocycles. The molecule has 0 aliphatic carbocycles. The minimum absolute atomic E-state index is 0.898. The zero-order chi connectivity index (χ0) is 8.31. The molecule has 0 radical (unpaired) electrons. The van der Waals surface area contributed by atoms with Gasteiger partial charge in [0.05, 0.1) is 0 Å². The van der Waals surface area contributed by atoms with Gasteiger partial charge in [-0.25, -0.2) is 0 Å². The summed E-state index contributed by atoms with van der Waals surface area (Å²) in [6.45, 7) is 13.7. The first kappa shape index (κ1) is 9.97. The fourth-order valence-corrected chi connectivity index (χ4v) is 0.853. The molecular formula is C9H13Rh-. The summed E-state index contributed by atoms with van der Waals surface area (Å²) in [6.07, 6.45) is 0. The summed E-state index contributed by atoms with van der Waals surface area (Å²) in [5, 5.41) is 0. The molecule has 0 atom stereocenters.